The number of nitrogens with one attached hydrogen (secondary N) is 1. The van der Waals surface area contributed by atoms with Crippen LogP contribution in [0.15, 0.2) is 58.8 Å². The first-order valence-corrected chi connectivity index (χ1v) is 7.69. The molecule has 0 saturated carbocycles. The maximum atomic E-state index is 5.47. The fraction of sp³-hybridized carbons (Fsp3) is 0.0556. The van der Waals surface area contributed by atoms with Gasteiger partial charge in [-0.15, -0.1) is 10.2 Å². The Bertz CT molecular complexity index is 1060. The second-order valence-electron chi connectivity index (χ2n) is 5.58. The summed E-state index contributed by atoms with van der Waals surface area (Å²) in [5.74, 6) is 0. The molecule has 2 aromatic carbocycles. The zero-order valence-electron chi connectivity index (χ0n) is 12.5. The third-order valence-corrected chi connectivity index (χ3v) is 4.07. The monoisotopic (exact) mass is 318 g/mol. The first-order chi connectivity index (χ1) is 11.1. The van der Waals surface area contributed by atoms with Gasteiger partial charge in [0, 0.05) is 21.9 Å². The number of nitrogens with two attached hydrogens (primary N) is 1. The van der Waals surface area contributed by atoms with Crippen molar-refractivity contribution in [2.75, 3.05) is 0 Å². The molecule has 4 rings (SSSR count). The van der Waals surface area contributed by atoms with Crippen molar-refractivity contribution in [3.8, 4) is 11.3 Å². The molecule has 0 unspecified atom stereocenters. The van der Waals surface area contributed by atoms with E-state index in [1.807, 2.05) is 18.2 Å². The molecule has 1 heterocycles. The fourth-order valence-electron chi connectivity index (χ4n) is 2.99. The average Bonchev–Trinajstić information content (AvgIpc) is 2.84. The van der Waals surface area contributed by atoms with E-state index in [-0.39, 0.29) is 5.11 Å². The lowest BCUT2D eigenvalue weighted by molar-refractivity contribution is 1.29. The van der Waals surface area contributed by atoms with Gasteiger partial charge in [-0.1, -0.05) is 36.4 Å². The second-order valence-corrected chi connectivity index (χ2v) is 6.00. The Morgan fingerprint density at radius 1 is 1.09 bits per heavy atom. The Morgan fingerprint density at radius 3 is 2.65 bits per heavy atom. The molecular weight excluding hydrogens is 304 g/mol. The molecule has 23 heavy (non-hydrogen) atoms. The molecule has 1 aliphatic heterocycles. The van der Waals surface area contributed by atoms with Gasteiger partial charge in [0.1, 0.15) is 5.69 Å². The summed E-state index contributed by atoms with van der Waals surface area (Å²) in [5.41, 5.74) is 10.7. The number of thiocarbonyl (C=S) groups is 1. The molecular formula is C18H14N4S. The van der Waals surface area contributed by atoms with Crippen LogP contribution in [-0.4, -0.2) is 10.1 Å². The SMILES string of the molecule is Cc1ccc2cc3c(N=NC(N)=S)c4ccccc4c-3[nH]c2c1. The van der Waals surface area contributed by atoms with Gasteiger partial charge in [0.25, 0.3) is 0 Å². The molecule has 4 nitrogen and oxygen atoms in total. The largest absolute Gasteiger partial charge is 0.373 e. The predicted molar refractivity (Wildman–Crippen MR) is 98.5 cm³/mol. The second kappa shape index (κ2) is 5.14. The Kier molecular flexibility index (Phi) is 3.09. The average molecular weight is 318 g/mol. The van der Waals surface area contributed by atoms with Crippen LogP contribution in [0, 0.1) is 6.92 Å². The lowest BCUT2D eigenvalue weighted by Crippen LogP contribution is -2.01. The van der Waals surface area contributed by atoms with Crippen molar-refractivity contribution < 1.29 is 0 Å². The summed E-state index contributed by atoms with van der Waals surface area (Å²) in [5, 5.41) is 11.5. The fourth-order valence-corrected chi connectivity index (χ4v) is 3.03. The van der Waals surface area contributed by atoms with E-state index in [9.17, 15) is 0 Å². The van der Waals surface area contributed by atoms with Gasteiger partial charge < -0.3 is 10.7 Å². The number of aromatic amines is 1. The van der Waals surface area contributed by atoms with E-state index in [4.69, 9.17) is 18.0 Å². The zero-order chi connectivity index (χ0) is 16.0. The van der Waals surface area contributed by atoms with E-state index >= 15 is 0 Å². The summed E-state index contributed by atoms with van der Waals surface area (Å²) in [4.78, 5) is 3.54. The van der Waals surface area contributed by atoms with Gasteiger partial charge in [-0.2, -0.15) is 0 Å². The quantitative estimate of drug-likeness (QED) is 0.380. The Labute approximate surface area is 138 Å². The van der Waals surface area contributed by atoms with E-state index in [2.05, 4.69) is 52.5 Å². The Hall–Kier alpha value is -2.79. The molecule has 0 bridgehead atoms. The molecule has 0 saturated heterocycles. The number of H-pyrrole nitrogens is 1. The highest BCUT2D eigenvalue weighted by atomic mass is 32.1. The predicted octanol–water partition coefficient (Wildman–Crippen LogP) is 5.06. The molecule has 0 spiro atoms. The molecule has 0 atom stereocenters. The molecule has 3 N–H and O–H groups in total. The summed E-state index contributed by atoms with van der Waals surface area (Å²) in [6.07, 6.45) is 0. The minimum Gasteiger partial charge on any atom is -0.373 e. The van der Waals surface area contributed by atoms with Crippen LogP contribution < -0.4 is 5.73 Å². The van der Waals surface area contributed by atoms with E-state index in [1.165, 1.54) is 5.56 Å². The van der Waals surface area contributed by atoms with Crippen LogP contribution in [0.25, 0.3) is 32.9 Å². The van der Waals surface area contributed by atoms with Gasteiger partial charge in [0.05, 0.1) is 5.69 Å². The van der Waals surface area contributed by atoms with Crippen molar-refractivity contribution in [1.29, 1.82) is 0 Å². The van der Waals surface area contributed by atoms with Gasteiger partial charge in [0.15, 0.2) is 0 Å². The van der Waals surface area contributed by atoms with Gasteiger partial charge >= 0.3 is 0 Å². The first kappa shape index (κ1) is 13.8. The number of rotatable bonds is 1. The van der Waals surface area contributed by atoms with E-state index in [0.717, 1.165) is 38.6 Å². The van der Waals surface area contributed by atoms with E-state index in [1.54, 1.807) is 0 Å². The highest BCUT2D eigenvalue weighted by Crippen LogP contribution is 2.44. The maximum Gasteiger partial charge on any atom is 0.211 e. The van der Waals surface area contributed by atoms with Crippen LogP contribution in [-0.2, 0) is 0 Å². The minimum atomic E-state index is 0.0313. The normalized spacial score (nSPS) is 11.9. The van der Waals surface area contributed by atoms with E-state index in [0.29, 0.717) is 0 Å². The number of nitrogens with zero attached hydrogens (tertiary/aromatic N) is 2. The number of azo groups is 1. The Balaban J connectivity index is 2.13. The lowest BCUT2D eigenvalue weighted by atomic mass is 10.1. The highest BCUT2D eigenvalue weighted by molar-refractivity contribution is 7.80. The number of aryl methyl sites for hydroxylation is 1. The number of benzene rings is 2. The highest BCUT2D eigenvalue weighted by Gasteiger charge is 2.18. The summed E-state index contributed by atoms with van der Waals surface area (Å²) in [6, 6.07) is 16.6. The molecule has 2 aliphatic rings. The van der Waals surface area contributed by atoms with Crippen molar-refractivity contribution >= 4 is 44.7 Å². The standard InChI is InChI=1S/C18H14N4S/c1-10-6-7-11-9-14-16(20-15(11)8-10)12-4-2-3-5-13(12)17(14)21-22-18(19)23/h2-9,20H,1H3,(H2,19,23). The van der Waals surface area contributed by atoms with Crippen LogP contribution in [0.2, 0.25) is 0 Å². The third-order valence-electron chi connectivity index (χ3n) is 3.99. The van der Waals surface area contributed by atoms with Gasteiger partial charge in [-0.25, -0.2) is 0 Å². The summed E-state index contributed by atoms with van der Waals surface area (Å²) < 4.78 is 0. The van der Waals surface area contributed by atoms with Crippen LogP contribution >= 0.6 is 12.2 Å². The summed E-state index contributed by atoms with van der Waals surface area (Å²) in [7, 11) is 0. The number of hydrogen-bond acceptors (Lipinski definition) is 2. The zero-order valence-corrected chi connectivity index (χ0v) is 13.3. The molecule has 0 fully saturated rings. The van der Waals surface area contributed by atoms with Crippen LogP contribution in [0.5, 0.6) is 0 Å². The molecule has 0 radical (unpaired) electrons. The van der Waals surface area contributed by atoms with Gasteiger partial charge in [-0.3, -0.25) is 0 Å². The van der Waals surface area contributed by atoms with Crippen molar-refractivity contribution in [2.24, 2.45) is 16.0 Å². The molecule has 1 aliphatic carbocycles. The van der Waals surface area contributed by atoms with Crippen molar-refractivity contribution in [3.05, 3.63) is 54.1 Å². The first-order valence-electron chi connectivity index (χ1n) is 7.28. The number of pyridine rings is 1. The molecule has 5 heteroatoms. The van der Waals surface area contributed by atoms with Crippen LogP contribution in [0.4, 0.5) is 5.69 Å². The van der Waals surface area contributed by atoms with Crippen molar-refractivity contribution in [2.45, 2.75) is 6.92 Å². The van der Waals surface area contributed by atoms with Crippen LogP contribution in [0.3, 0.4) is 0 Å². The molecule has 0 aromatic heterocycles. The number of hydrogen-bond donors (Lipinski definition) is 2. The van der Waals surface area contributed by atoms with Crippen molar-refractivity contribution in [1.82, 2.24) is 4.98 Å². The third kappa shape index (κ3) is 2.26. The molecule has 2 aromatic rings. The number of aromatic nitrogens is 1. The number of fused-ring (bicyclic) bond motifs is 4. The molecule has 0 amide bonds. The minimum absolute atomic E-state index is 0.0313. The molecule has 112 valence electrons. The van der Waals surface area contributed by atoms with Crippen LogP contribution in [0.1, 0.15) is 5.56 Å². The van der Waals surface area contributed by atoms with Crippen molar-refractivity contribution in [3.63, 3.8) is 0 Å². The Morgan fingerprint density at radius 2 is 1.87 bits per heavy atom. The summed E-state index contributed by atoms with van der Waals surface area (Å²) in [6.45, 7) is 2.09. The van der Waals surface area contributed by atoms with E-state index < -0.39 is 0 Å². The lowest BCUT2D eigenvalue weighted by Gasteiger charge is -2.06. The maximum absolute atomic E-state index is 5.47. The topological polar surface area (TPSA) is 66.5 Å². The van der Waals surface area contributed by atoms with Gasteiger partial charge in [-0.05, 0) is 42.2 Å². The summed E-state index contributed by atoms with van der Waals surface area (Å²) >= 11 is 4.81. The van der Waals surface area contributed by atoms with Gasteiger partial charge in [0.2, 0.25) is 5.11 Å². The smallest absolute Gasteiger partial charge is 0.211 e.